The van der Waals surface area contributed by atoms with Gasteiger partial charge in [-0.3, -0.25) is 4.79 Å². The minimum absolute atomic E-state index is 0.0184. The molecule has 8 nitrogen and oxygen atoms in total. The van der Waals surface area contributed by atoms with Crippen LogP contribution in [-0.4, -0.2) is 48.0 Å². The van der Waals surface area contributed by atoms with Crippen LogP contribution in [-0.2, 0) is 20.9 Å². The van der Waals surface area contributed by atoms with Crippen molar-refractivity contribution in [3.8, 4) is 5.75 Å². The number of esters is 1. The van der Waals surface area contributed by atoms with Crippen LogP contribution in [0.5, 0.6) is 5.75 Å². The molecule has 160 valence electrons. The normalized spacial score (nSPS) is 12.4. The first kappa shape index (κ1) is 23.2. The van der Waals surface area contributed by atoms with Crippen LogP contribution in [0.4, 0.5) is 4.79 Å². The first-order chi connectivity index (χ1) is 14.4. The molecular formula is C21H24N2O6S. The number of thioether (sulfide) groups is 1. The molecule has 0 aromatic heterocycles. The Balaban J connectivity index is 1.82. The minimum Gasteiger partial charge on any atom is -0.445 e. The van der Waals surface area contributed by atoms with Crippen LogP contribution in [0.1, 0.15) is 12.5 Å². The Bertz CT molecular complexity index is 844. The molecule has 3 N–H and O–H groups in total. The van der Waals surface area contributed by atoms with Gasteiger partial charge in [-0.05, 0) is 43.0 Å². The van der Waals surface area contributed by atoms with Crippen molar-refractivity contribution in [2.45, 2.75) is 30.5 Å². The van der Waals surface area contributed by atoms with Crippen molar-refractivity contribution in [1.29, 1.82) is 0 Å². The van der Waals surface area contributed by atoms with Crippen LogP contribution in [0.3, 0.4) is 0 Å². The van der Waals surface area contributed by atoms with Gasteiger partial charge in [-0.25, -0.2) is 9.59 Å². The van der Waals surface area contributed by atoms with Gasteiger partial charge >= 0.3 is 12.1 Å². The number of carbonyl (C=O) groups is 3. The molecule has 2 aromatic rings. The van der Waals surface area contributed by atoms with E-state index in [2.05, 4.69) is 10.6 Å². The highest BCUT2D eigenvalue weighted by molar-refractivity contribution is 7.98. The summed E-state index contributed by atoms with van der Waals surface area (Å²) >= 11 is 1.56. The van der Waals surface area contributed by atoms with Gasteiger partial charge in [0.1, 0.15) is 24.4 Å². The van der Waals surface area contributed by atoms with Gasteiger partial charge in [-0.2, -0.15) is 0 Å². The van der Waals surface area contributed by atoms with E-state index in [0.717, 1.165) is 10.5 Å². The largest absolute Gasteiger partial charge is 0.445 e. The van der Waals surface area contributed by atoms with Crippen LogP contribution in [0.15, 0.2) is 59.5 Å². The number of aliphatic hydroxyl groups is 1. The van der Waals surface area contributed by atoms with Crippen LogP contribution >= 0.6 is 11.8 Å². The van der Waals surface area contributed by atoms with Gasteiger partial charge in [0, 0.05) is 4.90 Å². The summed E-state index contributed by atoms with van der Waals surface area (Å²) in [6.45, 7) is 0.799. The van der Waals surface area contributed by atoms with Crippen LogP contribution in [0.2, 0.25) is 0 Å². The third-order valence-corrected chi connectivity index (χ3v) is 4.74. The zero-order valence-electron chi connectivity index (χ0n) is 16.7. The average Bonchev–Trinajstić information content (AvgIpc) is 2.77. The lowest BCUT2D eigenvalue weighted by atomic mass is 10.2. The standard InChI is InChI=1S/C21H24N2O6S/c1-14(20(26)29-16-8-10-17(30-2)11-9-16)22-19(25)18(12-24)23-21(27)28-13-15-6-4-3-5-7-15/h3-11,14,18,24H,12-13H2,1-2H3,(H,22,25)(H,23,27)/t14-,18+/m0/s1. The summed E-state index contributed by atoms with van der Waals surface area (Å²) in [5, 5.41) is 14.1. The molecule has 0 aliphatic rings. The molecule has 0 aliphatic heterocycles. The summed E-state index contributed by atoms with van der Waals surface area (Å²) in [4.78, 5) is 37.4. The predicted octanol–water partition coefficient (Wildman–Crippen LogP) is 2.11. The van der Waals surface area contributed by atoms with E-state index in [-0.39, 0.29) is 6.61 Å². The van der Waals surface area contributed by atoms with Crippen molar-refractivity contribution in [3.63, 3.8) is 0 Å². The molecule has 0 saturated carbocycles. The van der Waals surface area contributed by atoms with Crippen molar-refractivity contribution < 1.29 is 29.0 Å². The van der Waals surface area contributed by atoms with Crippen molar-refractivity contribution in [3.05, 3.63) is 60.2 Å². The molecule has 2 aromatic carbocycles. The number of benzene rings is 2. The van der Waals surface area contributed by atoms with E-state index < -0.39 is 36.7 Å². The highest BCUT2D eigenvalue weighted by atomic mass is 32.2. The molecule has 2 amide bonds. The summed E-state index contributed by atoms with van der Waals surface area (Å²) in [7, 11) is 0. The van der Waals surface area contributed by atoms with Gasteiger partial charge in [0.2, 0.25) is 5.91 Å². The molecule has 9 heteroatoms. The fourth-order valence-corrected chi connectivity index (χ4v) is 2.73. The zero-order chi connectivity index (χ0) is 21.9. The lowest BCUT2D eigenvalue weighted by molar-refractivity contribution is -0.139. The molecule has 2 atom stereocenters. The molecule has 0 heterocycles. The SMILES string of the molecule is CSc1ccc(OC(=O)[C@H](C)NC(=O)[C@@H](CO)NC(=O)OCc2ccccc2)cc1. The predicted molar refractivity (Wildman–Crippen MR) is 112 cm³/mol. The molecular weight excluding hydrogens is 408 g/mol. The number of amides is 2. The quantitative estimate of drug-likeness (QED) is 0.316. The number of carbonyl (C=O) groups excluding carboxylic acids is 3. The lowest BCUT2D eigenvalue weighted by Gasteiger charge is -2.19. The zero-order valence-corrected chi connectivity index (χ0v) is 17.5. The molecule has 0 radical (unpaired) electrons. The van der Waals surface area contributed by atoms with Gasteiger partial charge in [-0.15, -0.1) is 11.8 Å². The second-order valence-corrected chi connectivity index (χ2v) is 7.15. The van der Waals surface area contributed by atoms with E-state index in [1.165, 1.54) is 6.92 Å². The van der Waals surface area contributed by atoms with Crippen molar-refractivity contribution in [2.24, 2.45) is 0 Å². The molecule has 0 spiro atoms. The van der Waals surface area contributed by atoms with E-state index in [4.69, 9.17) is 9.47 Å². The van der Waals surface area contributed by atoms with Gasteiger partial charge in [0.05, 0.1) is 6.61 Å². The van der Waals surface area contributed by atoms with Crippen molar-refractivity contribution in [1.82, 2.24) is 10.6 Å². The monoisotopic (exact) mass is 432 g/mol. The van der Waals surface area contributed by atoms with Crippen molar-refractivity contribution >= 4 is 29.7 Å². The topological polar surface area (TPSA) is 114 Å². The van der Waals surface area contributed by atoms with Crippen molar-refractivity contribution in [2.75, 3.05) is 12.9 Å². The number of nitrogens with one attached hydrogen (secondary N) is 2. The Morgan fingerprint density at radius 3 is 2.30 bits per heavy atom. The van der Waals surface area contributed by atoms with E-state index >= 15 is 0 Å². The minimum atomic E-state index is -1.27. The molecule has 0 fully saturated rings. The van der Waals surface area contributed by atoms with Gasteiger partial charge in [0.15, 0.2) is 0 Å². The first-order valence-corrected chi connectivity index (χ1v) is 10.4. The Morgan fingerprint density at radius 2 is 1.70 bits per heavy atom. The maximum absolute atomic E-state index is 12.3. The highest BCUT2D eigenvalue weighted by Crippen LogP contribution is 2.19. The summed E-state index contributed by atoms with van der Waals surface area (Å²) in [6.07, 6.45) is 1.07. The van der Waals surface area contributed by atoms with Crippen LogP contribution in [0.25, 0.3) is 0 Å². The number of hydrogen-bond acceptors (Lipinski definition) is 7. The molecule has 0 unspecified atom stereocenters. The van der Waals surface area contributed by atoms with Crippen LogP contribution < -0.4 is 15.4 Å². The summed E-state index contributed by atoms with van der Waals surface area (Å²) in [6, 6.07) is 13.7. The third kappa shape index (κ3) is 7.41. The summed E-state index contributed by atoms with van der Waals surface area (Å²) in [5.41, 5.74) is 0.777. The Hall–Kier alpha value is -3.04. The number of hydrogen-bond donors (Lipinski definition) is 3. The maximum atomic E-state index is 12.3. The molecule has 2 rings (SSSR count). The molecule has 0 bridgehead atoms. The lowest BCUT2D eigenvalue weighted by Crippen LogP contribution is -2.53. The third-order valence-electron chi connectivity index (χ3n) is 3.99. The van der Waals surface area contributed by atoms with E-state index in [1.807, 2.05) is 24.5 Å². The molecule has 30 heavy (non-hydrogen) atoms. The van der Waals surface area contributed by atoms with E-state index in [1.54, 1.807) is 48.2 Å². The van der Waals surface area contributed by atoms with Gasteiger partial charge < -0.3 is 25.2 Å². The van der Waals surface area contributed by atoms with E-state index in [0.29, 0.717) is 5.75 Å². The molecule has 0 saturated heterocycles. The summed E-state index contributed by atoms with van der Waals surface area (Å²) in [5.74, 6) is -1.07. The second-order valence-electron chi connectivity index (χ2n) is 6.27. The Labute approximate surface area is 179 Å². The Kier molecular flexibility index (Phi) is 9.17. The number of aliphatic hydroxyl groups excluding tert-OH is 1. The number of rotatable bonds is 9. The number of alkyl carbamates (subject to hydrolysis) is 1. The fourth-order valence-electron chi connectivity index (χ4n) is 2.32. The van der Waals surface area contributed by atoms with Gasteiger partial charge in [0.25, 0.3) is 0 Å². The second kappa shape index (κ2) is 11.8. The van der Waals surface area contributed by atoms with E-state index in [9.17, 15) is 19.5 Å². The summed E-state index contributed by atoms with van der Waals surface area (Å²) < 4.78 is 10.2. The fraction of sp³-hybridized carbons (Fsp3) is 0.286. The first-order valence-electron chi connectivity index (χ1n) is 9.17. The van der Waals surface area contributed by atoms with Crippen LogP contribution in [0, 0.1) is 0 Å². The van der Waals surface area contributed by atoms with Gasteiger partial charge in [-0.1, -0.05) is 30.3 Å². The molecule has 0 aliphatic carbocycles. The Morgan fingerprint density at radius 1 is 1.03 bits per heavy atom. The maximum Gasteiger partial charge on any atom is 0.408 e. The average molecular weight is 432 g/mol. The highest BCUT2D eigenvalue weighted by Gasteiger charge is 2.25. The smallest absolute Gasteiger partial charge is 0.408 e. The number of ether oxygens (including phenoxy) is 2.